The Labute approximate surface area is 127 Å². The van der Waals surface area contributed by atoms with Gasteiger partial charge in [-0.2, -0.15) is 0 Å². The Hall–Kier alpha value is -0.450. The molecule has 1 unspecified atom stereocenters. The van der Waals surface area contributed by atoms with Gasteiger partial charge in [0.05, 0.1) is 5.69 Å². The number of nitrogens with one attached hydrogen (secondary N) is 1. The van der Waals surface area contributed by atoms with Crippen LogP contribution < -0.4 is 5.32 Å². The highest BCUT2D eigenvalue weighted by Gasteiger charge is 2.27. The quantitative estimate of drug-likeness (QED) is 0.898. The fourth-order valence-electron chi connectivity index (χ4n) is 2.85. The molecule has 1 aromatic heterocycles. The number of hydrogen-bond donors (Lipinski definition) is 1. The third kappa shape index (κ3) is 4.54. The molecular formula is C16H29N3S. The molecule has 1 saturated heterocycles. The smallest absolute Gasteiger partial charge is 0.107 e. The van der Waals surface area contributed by atoms with Crippen molar-refractivity contribution in [2.45, 2.75) is 72.1 Å². The SMILES string of the molecule is CC(C)C1CCCN1Cc1csc(CNC(C)(C)C)n1. The lowest BCUT2D eigenvalue weighted by atomic mass is 10.0. The van der Waals surface area contributed by atoms with Crippen LogP contribution in [0, 0.1) is 5.92 Å². The monoisotopic (exact) mass is 295 g/mol. The predicted octanol–water partition coefficient (Wildman–Crippen LogP) is 3.65. The lowest BCUT2D eigenvalue weighted by molar-refractivity contribution is 0.197. The van der Waals surface area contributed by atoms with E-state index in [4.69, 9.17) is 4.98 Å². The summed E-state index contributed by atoms with van der Waals surface area (Å²) in [5, 5.41) is 6.94. The zero-order chi connectivity index (χ0) is 14.8. The van der Waals surface area contributed by atoms with Crippen molar-refractivity contribution in [3.05, 3.63) is 16.1 Å². The maximum Gasteiger partial charge on any atom is 0.107 e. The summed E-state index contributed by atoms with van der Waals surface area (Å²) in [6.07, 6.45) is 2.69. The molecule has 2 rings (SSSR count). The van der Waals surface area contributed by atoms with Crippen LogP contribution in [0.5, 0.6) is 0 Å². The Bertz CT molecular complexity index is 420. The minimum absolute atomic E-state index is 0.156. The summed E-state index contributed by atoms with van der Waals surface area (Å²) in [6, 6.07) is 0.743. The lowest BCUT2D eigenvalue weighted by Crippen LogP contribution is -2.35. The number of thiazole rings is 1. The molecule has 2 heterocycles. The van der Waals surface area contributed by atoms with E-state index in [0.29, 0.717) is 0 Å². The number of aromatic nitrogens is 1. The van der Waals surface area contributed by atoms with Crippen LogP contribution in [0.4, 0.5) is 0 Å². The average Bonchev–Trinajstić information content (AvgIpc) is 2.95. The molecule has 0 radical (unpaired) electrons. The topological polar surface area (TPSA) is 28.2 Å². The lowest BCUT2D eigenvalue weighted by Gasteiger charge is -2.26. The van der Waals surface area contributed by atoms with Crippen molar-refractivity contribution >= 4 is 11.3 Å². The molecule has 0 amide bonds. The fraction of sp³-hybridized carbons (Fsp3) is 0.812. The van der Waals surface area contributed by atoms with Gasteiger partial charge in [-0.1, -0.05) is 13.8 Å². The zero-order valence-electron chi connectivity index (χ0n) is 13.6. The summed E-state index contributed by atoms with van der Waals surface area (Å²) in [5.74, 6) is 0.748. The summed E-state index contributed by atoms with van der Waals surface area (Å²) < 4.78 is 0. The van der Waals surface area contributed by atoms with Crippen molar-refractivity contribution in [2.75, 3.05) is 6.54 Å². The Morgan fingerprint density at radius 2 is 2.20 bits per heavy atom. The molecule has 1 N–H and O–H groups in total. The summed E-state index contributed by atoms with van der Waals surface area (Å²) in [5.41, 5.74) is 1.40. The molecule has 0 saturated carbocycles. The molecule has 0 bridgehead atoms. The number of likely N-dealkylation sites (tertiary alicyclic amines) is 1. The summed E-state index contributed by atoms with van der Waals surface area (Å²) in [4.78, 5) is 7.40. The highest BCUT2D eigenvalue weighted by Crippen LogP contribution is 2.25. The van der Waals surface area contributed by atoms with E-state index in [1.165, 1.54) is 30.1 Å². The number of nitrogens with zero attached hydrogens (tertiary/aromatic N) is 2. The summed E-state index contributed by atoms with van der Waals surface area (Å²) >= 11 is 1.78. The van der Waals surface area contributed by atoms with E-state index in [1.54, 1.807) is 11.3 Å². The van der Waals surface area contributed by atoms with E-state index in [2.05, 4.69) is 50.2 Å². The maximum atomic E-state index is 4.78. The largest absolute Gasteiger partial charge is 0.306 e. The molecule has 1 aromatic rings. The van der Waals surface area contributed by atoms with Crippen molar-refractivity contribution in [1.82, 2.24) is 15.2 Å². The third-order valence-corrected chi connectivity index (χ3v) is 4.82. The van der Waals surface area contributed by atoms with E-state index >= 15 is 0 Å². The van der Waals surface area contributed by atoms with Crippen molar-refractivity contribution in [3.63, 3.8) is 0 Å². The zero-order valence-corrected chi connectivity index (χ0v) is 14.4. The van der Waals surface area contributed by atoms with Gasteiger partial charge in [0.15, 0.2) is 0 Å². The molecule has 20 heavy (non-hydrogen) atoms. The predicted molar refractivity (Wildman–Crippen MR) is 87.0 cm³/mol. The number of hydrogen-bond acceptors (Lipinski definition) is 4. The van der Waals surface area contributed by atoms with Crippen LogP contribution in [0.25, 0.3) is 0 Å². The van der Waals surface area contributed by atoms with Crippen LogP contribution in [0.1, 0.15) is 58.2 Å². The highest BCUT2D eigenvalue weighted by atomic mass is 32.1. The first-order valence-corrected chi connectivity index (χ1v) is 8.65. The van der Waals surface area contributed by atoms with Gasteiger partial charge >= 0.3 is 0 Å². The molecule has 3 nitrogen and oxygen atoms in total. The normalized spacial score (nSPS) is 21.0. The molecular weight excluding hydrogens is 266 g/mol. The summed E-state index contributed by atoms with van der Waals surface area (Å²) in [7, 11) is 0. The molecule has 1 aliphatic heterocycles. The van der Waals surface area contributed by atoms with Gasteiger partial charge in [0.2, 0.25) is 0 Å². The van der Waals surface area contributed by atoms with E-state index in [9.17, 15) is 0 Å². The first-order valence-electron chi connectivity index (χ1n) is 7.77. The van der Waals surface area contributed by atoms with E-state index in [-0.39, 0.29) is 5.54 Å². The molecule has 0 aliphatic carbocycles. The Balaban J connectivity index is 1.89. The molecule has 1 atom stereocenters. The van der Waals surface area contributed by atoms with E-state index < -0.39 is 0 Å². The van der Waals surface area contributed by atoms with Crippen LogP contribution in [0.15, 0.2) is 5.38 Å². The second-order valence-electron chi connectivity index (χ2n) is 7.26. The molecule has 4 heteroatoms. The second-order valence-corrected chi connectivity index (χ2v) is 8.20. The van der Waals surface area contributed by atoms with Gasteiger partial charge in [-0.05, 0) is 46.1 Å². The van der Waals surface area contributed by atoms with Gasteiger partial charge in [-0.25, -0.2) is 4.98 Å². The Kier molecular flexibility index (Phi) is 5.21. The minimum atomic E-state index is 0.156. The molecule has 114 valence electrons. The standard InChI is InChI=1S/C16H29N3S/c1-12(2)14-7-6-8-19(14)10-13-11-20-15(18-13)9-17-16(3,4)5/h11-12,14,17H,6-10H2,1-5H3. The minimum Gasteiger partial charge on any atom is -0.306 e. The maximum absolute atomic E-state index is 4.78. The fourth-order valence-corrected chi connectivity index (χ4v) is 3.58. The Morgan fingerprint density at radius 3 is 2.85 bits per heavy atom. The van der Waals surface area contributed by atoms with Gasteiger partial charge < -0.3 is 5.32 Å². The second kappa shape index (κ2) is 6.54. The van der Waals surface area contributed by atoms with Crippen LogP contribution in [-0.4, -0.2) is 28.0 Å². The van der Waals surface area contributed by atoms with E-state index in [1.807, 2.05) is 0 Å². The summed E-state index contributed by atoms with van der Waals surface area (Å²) in [6.45, 7) is 14.4. The molecule has 0 spiro atoms. The van der Waals surface area contributed by atoms with Crippen LogP contribution in [-0.2, 0) is 13.1 Å². The van der Waals surface area contributed by atoms with Crippen molar-refractivity contribution in [1.29, 1.82) is 0 Å². The van der Waals surface area contributed by atoms with Gasteiger partial charge in [-0.3, -0.25) is 4.90 Å². The van der Waals surface area contributed by atoms with Gasteiger partial charge in [0.1, 0.15) is 5.01 Å². The number of rotatable bonds is 5. The van der Waals surface area contributed by atoms with Crippen molar-refractivity contribution in [2.24, 2.45) is 5.92 Å². The van der Waals surface area contributed by atoms with Crippen molar-refractivity contribution in [3.8, 4) is 0 Å². The molecule has 1 fully saturated rings. The van der Waals surface area contributed by atoms with Crippen LogP contribution in [0.3, 0.4) is 0 Å². The first kappa shape index (κ1) is 15.9. The molecule has 0 aromatic carbocycles. The van der Waals surface area contributed by atoms with Gasteiger partial charge in [-0.15, -0.1) is 11.3 Å². The van der Waals surface area contributed by atoms with Gasteiger partial charge in [0, 0.05) is 30.1 Å². The molecule has 1 aliphatic rings. The van der Waals surface area contributed by atoms with Gasteiger partial charge in [0.25, 0.3) is 0 Å². The van der Waals surface area contributed by atoms with Crippen molar-refractivity contribution < 1.29 is 0 Å². The van der Waals surface area contributed by atoms with E-state index in [0.717, 1.165) is 25.0 Å². The third-order valence-electron chi connectivity index (χ3n) is 3.92. The van der Waals surface area contributed by atoms with Crippen LogP contribution >= 0.6 is 11.3 Å². The first-order chi connectivity index (χ1) is 9.35. The Morgan fingerprint density at radius 1 is 1.45 bits per heavy atom. The average molecular weight is 295 g/mol. The highest BCUT2D eigenvalue weighted by molar-refractivity contribution is 7.09. The van der Waals surface area contributed by atoms with Crippen LogP contribution in [0.2, 0.25) is 0 Å².